The van der Waals surface area contributed by atoms with Gasteiger partial charge in [-0.1, -0.05) is 29.3 Å². The fourth-order valence-electron chi connectivity index (χ4n) is 2.10. The summed E-state index contributed by atoms with van der Waals surface area (Å²) in [4.78, 5) is 4.09. The van der Waals surface area contributed by atoms with Gasteiger partial charge < -0.3 is 0 Å². The molecule has 2 aromatic carbocycles. The zero-order valence-electron chi connectivity index (χ0n) is 11.4. The second-order valence-electron chi connectivity index (χ2n) is 4.67. The molecule has 0 aliphatic heterocycles. The summed E-state index contributed by atoms with van der Waals surface area (Å²) in [7, 11) is 0. The smallest absolute Gasteiger partial charge is 0.215 e. The highest BCUT2D eigenvalue weighted by Gasteiger charge is 2.30. The maximum Gasteiger partial charge on any atom is 0.416 e. The van der Waals surface area contributed by atoms with Crippen molar-refractivity contribution in [1.82, 2.24) is 14.8 Å². The number of halogens is 5. The van der Waals surface area contributed by atoms with Crippen LogP contribution in [0.4, 0.5) is 13.2 Å². The van der Waals surface area contributed by atoms with Crippen molar-refractivity contribution in [3.8, 4) is 17.1 Å². The Morgan fingerprint density at radius 1 is 1.00 bits per heavy atom. The van der Waals surface area contributed by atoms with Crippen LogP contribution < -0.4 is 0 Å². The normalized spacial score (nSPS) is 11.7. The van der Waals surface area contributed by atoms with E-state index in [9.17, 15) is 13.2 Å². The van der Waals surface area contributed by atoms with Crippen molar-refractivity contribution in [3.05, 3.63) is 64.4 Å². The average molecular weight is 358 g/mol. The SMILES string of the molecule is FC(F)(F)c1cccc(-n2ncnc2-c2ccc(Cl)cc2Cl)c1. The lowest BCUT2D eigenvalue weighted by atomic mass is 10.1. The summed E-state index contributed by atoms with van der Waals surface area (Å²) in [6.45, 7) is 0. The Morgan fingerprint density at radius 3 is 2.48 bits per heavy atom. The molecule has 0 N–H and O–H groups in total. The maximum absolute atomic E-state index is 12.9. The third kappa shape index (κ3) is 3.18. The number of hydrogen-bond donors (Lipinski definition) is 0. The quantitative estimate of drug-likeness (QED) is 0.626. The fourth-order valence-corrected chi connectivity index (χ4v) is 2.59. The van der Waals surface area contributed by atoms with Crippen LogP contribution in [-0.2, 0) is 6.18 Å². The number of rotatable bonds is 2. The van der Waals surface area contributed by atoms with Gasteiger partial charge in [0.1, 0.15) is 6.33 Å². The molecule has 0 spiro atoms. The van der Waals surface area contributed by atoms with Gasteiger partial charge in [0.05, 0.1) is 16.3 Å². The van der Waals surface area contributed by atoms with Crippen LogP contribution in [0.1, 0.15) is 5.56 Å². The van der Waals surface area contributed by atoms with Crippen LogP contribution >= 0.6 is 23.2 Å². The van der Waals surface area contributed by atoms with Crippen LogP contribution in [0.5, 0.6) is 0 Å². The van der Waals surface area contributed by atoms with Crippen LogP contribution in [0, 0.1) is 0 Å². The van der Waals surface area contributed by atoms with Crippen LogP contribution in [0.15, 0.2) is 48.8 Å². The predicted octanol–water partition coefficient (Wildman–Crippen LogP) is 5.26. The van der Waals surface area contributed by atoms with Crippen molar-refractivity contribution in [3.63, 3.8) is 0 Å². The largest absolute Gasteiger partial charge is 0.416 e. The van der Waals surface area contributed by atoms with E-state index >= 15 is 0 Å². The van der Waals surface area contributed by atoms with E-state index < -0.39 is 11.7 Å². The van der Waals surface area contributed by atoms with Gasteiger partial charge in [0.2, 0.25) is 0 Å². The molecule has 0 aliphatic carbocycles. The highest BCUT2D eigenvalue weighted by molar-refractivity contribution is 6.36. The monoisotopic (exact) mass is 357 g/mol. The Hall–Kier alpha value is -2.05. The number of benzene rings is 2. The molecule has 0 amide bonds. The van der Waals surface area contributed by atoms with Crippen molar-refractivity contribution in [2.24, 2.45) is 0 Å². The van der Waals surface area contributed by atoms with E-state index in [-0.39, 0.29) is 5.69 Å². The van der Waals surface area contributed by atoms with E-state index in [0.717, 1.165) is 12.1 Å². The lowest BCUT2D eigenvalue weighted by molar-refractivity contribution is -0.137. The van der Waals surface area contributed by atoms with Crippen molar-refractivity contribution in [1.29, 1.82) is 0 Å². The van der Waals surface area contributed by atoms with Gasteiger partial charge in [-0.05, 0) is 36.4 Å². The van der Waals surface area contributed by atoms with E-state index in [1.54, 1.807) is 12.1 Å². The first kappa shape index (κ1) is 15.8. The molecule has 118 valence electrons. The van der Waals surface area contributed by atoms with Crippen LogP contribution in [0.25, 0.3) is 17.1 Å². The van der Waals surface area contributed by atoms with Gasteiger partial charge in [-0.3, -0.25) is 0 Å². The first-order valence-electron chi connectivity index (χ1n) is 6.39. The maximum atomic E-state index is 12.9. The Morgan fingerprint density at radius 2 is 1.78 bits per heavy atom. The molecule has 1 heterocycles. The van der Waals surface area contributed by atoms with Gasteiger partial charge in [0, 0.05) is 10.6 Å². The fraction of sp³-hybridized carbons (Fsp3) is 0.0667. The molecule has 0 radical (unpaired) electrons. The van der Waals surface area contributed by atoms with Crippen molar-refractivity contribution in [2.75, 3.05) is 0 Å². The molecule has 0 atom stereocenters. The van der Waals surface area contributed by atoms with Crippen LogP contribution in [0.3, 0.4) is 0 Å². The minimum atomic E-state index is -4.44. The topological polar surface area (TPSA) is 30.7 Å². The van der Waals surface area contributed by atoms with Crippen LogP contribution in [-0.4, -0.2) is 14.8 Å². The molecule has 0 bridgehead atoms. The molecule has 0 aliphatic rings. The lowest BCUT2D eigenvalue weighted by Gasteiger charge is -2.11. The molecule has 3 rings (SSSR count). The van der Waals surface area contributed by atoms with E-state index in [1.165, 1.54) is 29.2 Å². The summed E-state index contributed by atoms with van der Waals surface area (Å²) in [6, 6.07) is 9.61. The van der Waals surface area contributed by atoms with Gasteiger partial charge in [-0.15, -0.1) is 0 Å². The number of alkyl halides is 3. The Balaban J connectivity index is 2.12. The van der Waals surface area contributed by atoms with Gasteiger partial charge >= 0.3 is 6.18 Å². The van der Waals surface area contributed by atoms with E-state index in [4.69, 9.17) is 23.2 Å². The van der Waals surface area contributed by atoms with Gasteiger partial charge in [0.15, 0.2) is 5.82 Å². The average Bonchev–Trinajstić information content (AvgIpc) is 2.96. The predicted molar refractivity (Wildman–Crippen MR) is 81.8 cm³/mol. The molecule has 0 saturated heterocycles. The zero-order chi connectivity index (χ0) is 16.6. The van der Waals surface area contributed by atoms with E-state index in [0.29, 0.717) is 21.4 Å². The standard InChI is InChI=1S/C15H8Cl2F3N3/c16-10-4-5-12(13(17)7-10)14-21-8-22-23(14)11-3-1-2-9(6-11)15(18,19)20/h1-8H. The number of nitrogens with zero attached hydrogens (tertiary/aromatic N) is 3. The molecular formula is C15H8Cl2F3N3. The summed E-state index contributed by atoms with van der Waals surface area (Å²) >= 11 is 12.0. The summed E-state index contributed by atoms with van der Waals surface area (Å²) in [5, 5.41) is 4.78. The van der Waals surface area contributed by atoms with Crippen molar-refractivity contribution >= 4 is 23.2 Å². The second-order valence-corrected chi connectivity index (χ2v) is 5.51. The molecular weight excluding hydrogens is 350 g/mol. The van der Waals surface area contributed by atoms with E-state index in [1.807, 2.05) is 0 Å². The minimum absolute atomic E-state index is 0.235. The number of hydrogen-bond acceptors (Lipinski definition) is 2. The first-order chi connectivity index (χ1) is 10.9. The highest BCUT2D eigenvalue weighted by atomic mass is 35.5. The molecule has 3 aromatic rings. The second kappa shape index (κ2) is 5.86. The van der Waals surface area contributed by atoms with Crippen LogP contribution in [0.2, 0.25) is 10.0 Å². The Bertz CT molecular complexity index is 859. The third-order valence-corrected chi connectivity index (χ3v) is 3.69. The summed E-state index contributed by atoms with van der Waals surface area (Å²) < 4.78 is 39.9. The van der Waals surface area contributed by atoms with Gasteiger partial charge in [-0.25, -0.2) is 9.67 Å². The molecule has 23 heavy (non-hydrogen) atoms. The minimum Gasteiger partial charge on any atom is -0.215 e. The summed E-state index contributed by atoms with van der Waals surface area (Å²) in [5.41, 5.74) is -0.0111. The molecule has 3 nitrogen and oxygen atoms in total. The zero-order valence-corrected chi connectivity index (χ0v) is 12.9. The molecule has 0 saturated carbocycles. The van der Waals surface area contributed by atoms with Gasteiger partial charge in [-0.2, -0.15) is 18.3 Å². The van der Waals surface area contributed by atoms with Crippen molar-refractivity contribution in [2.45, 2.75) is 6.18 Å². The van der Waals surface area contributed by atoms with Crippen molar-refractivity contribution < 1.29 is 13.2 Å². The lowest BCUT2D eigenvalue weighted by Crippen LogP contribution is -2.07. The molecule has 0 fully saturated rings. The Kier molecular flexibility index (Phi) is 4.04. The molecule has 1 aromatic heterocycles. The summed E-state index contributed by atoms with van der Waals surface area (Å²) in [5.74, 6) is 0.325. The first-order valence-corrected chi connectivity index (χ1v) is 7.15. The Labute approximate surface area is 139 Å². The number of aromatic nitrogens is 3. The van der Waals surface area contributed by atoms with E-state index in [2.05, 4.69) is 10.1 Å². The van der Waals surface area contributed by atoms with Gasteiger partial charge in [0.25, 0.3) is 0 Å². The summed E-state index contributed by atoms with van der Waals surface area (Å²) in [6.07, 6.45) is -3.19. The third-order valence-electron chi connectivity index (χ3n) is 3.14. The molecule has 8 heteroatoms. The highest BCUT2D eigenvalue weighted by Crippen LogP contribution is 2.33. The molecule has 0 unspecified atom stereocenters.